The predicted octanol–water partition coefficient (Wildman–Crippen LogP) is 3.81. The van der Waals surface area contributed by atoms with Crippen molar-refractivity contribution in [2.45, 2.75) is 55.8 Å². The van der Waals surface area contributed by atoms with Gasteiger partial charge in [0.25, 0.3) is 0 Å². The lowest BCUT2D eigenvalue weighted by Gasteiger charge is -2.30. The molecule has 0 spiro atoms. The van der Waals surface area contributed by atoms with Gasteiger partial charge >= 0.3 is 6.09 Å². The topological polar surface area (TPSA) is 148 Å². The quantitative estimate of drug-likeness (QED) is 0.268. The van der Waals surface area contributed by atoms with Gasteiger partial charge in [0, 0.05) is 25.4 Å². The molecule has 2 atom stereocenters. The van der Waals surface area contributed by atoms with Gasteiger partial charge in [-0.15, -0.1) is 0 Å². The molecule has 5 rings (SSSR count). The fourth-order valence-electron chi connectivity index (χ4n) is 5.33. The number of benzene rings is 2. The summed E-state index contributed by atoms with van der Waals surface area (Å²) in [5, 5.41) is 23.2. The second kappa shape index (κ2) is 13.4. The van der Waals surface area contributed by atoms with Crippen molar-refractivity contribution in [2.24, 2.45) is 5.92 Å². The van der Waals surface area contributed by atoms with Gasteiger partial charge in [0.2, 0.25) is 16.8 Å². The Hall–Kier alpha value is -3.87. The van der Waals surface area contributed by atoms with Crippen molar-refractivity contribution in [2.75, 3.05) is 19.9 Å². The summed E-state index contributed by atoms with van der Waals surface area (Å²) in [5.41, 5.74) is 1.53. The first-order valence-electron chi connectivity index (χ1n) is 14.0. The third-order valence-electron chi connectivity index (χ3n) is 7.57. The van der Waals surface area contributed by atoms with Crippen LogP contribution in [0.5, 0.6) is 17.2 Å². The summed E-state index contributed by atoms with van der Waals surface area (Å²) in [7, 11) is -4.03. The van der Waals surface area contributed by atoms with Gasteiger partial charge < -0.3 is 29.7 Å². The first-order valence-corrected chi connectivity index (χ1v) is 15.4. The standard InChI is InChI=1S/C30H35N3O8S/c34-27(26(32-30(35)36)15-21-8-10-24(11-9-21)39-19-23-7-3-4-14-31-23)18-33(17-22-5-1-2-6-22)42(37,38)25-12-13-28-29(16-25)41-20-40-28/h3-4,7-14,16,22,26-27,32,34H,1-2,5-6,15,17-20H2,(H,35,36)/t26-,27-/m0/s1. The van der Waals surface area contributed by atoms with Crippen molar-refractivity contribution < 1.29 is 37.6 Å². The molecule has 1 aliphatic carbocycles. The fourth-order valence-corrected chi connectivity index (χ4v) is 6.88. The van der Waals surface area contributed by atoms with E-state index >= 15 is 0 Å². The lowest BCUT2D eigenvalue weighted by molar-refractivity contribution is 0.0971. The van der Waals surface area contributed by atoms with Crippen LogP contribution >= 0.6 is 0 Å². The maximum absolute atomic E-state index is 13.8. The van der Waals surface area contributed by atoms with Gasteiger partial charge in [0.15, 0.2) is 11.5 Å². The fraction of sp³-hybridized carbons (Fsp3) is 0.400. The van der Waals surface area contributed by atoms with Gasteiger partial charge in [0.1, 0.15) is 12.4 Å². The minimum absolute atomic E-state index is 0.0171. The molecule has 3 aromatic rings. The van der Waals surface area contributed by atoms with Gasteiger partial charge in [-0.25, -0.2) is 13.2 Å². The lowest BCUT2D eigenvalue weighted by atomic mass is 10.0. The first kappa shape index (κ1) is 29.6. The van der Waals surface area contributed by atoms with E-state index < -0.39 is 28.3 Å². The molecule has 0 bridgehead atoms. The number of nitrogens with zero attached hydrogens (tertiary/aromatic N) is 2. The van der Waals surface area contributed by atoms with E-state index in [0.717, 1.165) is 36.9 Å². The van der Waals surface area contributed by atoms with Crippen molar-refractivity contribution >= 4 is 16.1 Å². The number of aromatic nitrogens is 1. The van der Waals surface area contributed by atoms with Crippen molar-refractivity contribution in [1.29, 1.82) is 0 Å². The number of hydrogen-bond donors (Lipinski definition) is 3. The summed E-state index contributed by atoms with van der Waals surface area (Å²) in [6.07, 6.45) is 3.06. The SMILES string of the molecule is O=C(O)N[C@@H](Cc1ccc(OCc2ccccn2)cc1)[C@@H](O)CN(CC1CCCC1)S(=O)(=O)c1ccc2c(c1)OCO2. The van der Waals surface area contributed by atoms with E-state index in [-0.39, 0.29) is 37.1 Å². The number of fused-ring (bicyclic) bond motifs is 1. The molecule has 2 aromatic carbocycles. The number of sulfonamides is 1. The van der Waals surface area contributed by atoms with Crippen LogP contribution in [0.2, 0.25) is 0 Å². The number of carbonyl (C=O) groups is 1. The van der Waals surface area contributed by atoms with Crippen LogP contribution in [-0.2, 0) is 23.1 Å². The summed E-state index contributed by atoms with van der Waals surface area (Å²) in [6, 6.07) is 16.2. The number of ether oxygens (including phenoxy) is 3. The Morgan fingerprint density at radius 1 is 1.07 bits per heavy atom. The monoisotopic (exact) mass is 597 g/mol. The second-order valence-electron chi connectivity index (χ2n) is 10.6. The van der Waals surface area contributed by atoms with Crippen LogP contribution in [-0.4, -0.2) is 66.0 Å². The molecule has 12 heteroatoms. The zero-order valence-corrected chi connectivity index (χ0v) is 23.9. The van der Waals surface area contributed by atoms with Crippen LogP contribution in [0.4, 0.5) is 4.79 Å². The Morgan fingerprint density at radius 3 is 2.55 bits per heavy atom. The maximum atomic E-state index is 13.8. The van der Waals surface area contributed by atoms with Crippen LogP contribution in [0.25, 0.3) is 0 Å². The number of amides is 1. The lowest BCUT2D eigenvalue weighted by Crippen LogP contribution is -2.50. The van der Waals surface area contributed by atoms with Crippen LogP contribution < -0.4 is 19.5 Å². The molecule has 224 valence electrons. The van der Waals surface area contributed by atoms with Gasteiger partial charge in [-0.2, -0.15) is 4.31 Å². The Labute approximate surface area is 245 Å². The predicted molar refractivity (Wildman–Crippen MR) is 153 cm³/mol. The van der Waals surface area contributed by atoms with Crippen molar-refractivity contribution in [3.8, 4) is 17.2 Å². The minimum Gasteiger partial charge on any atom is -0.487 e. The molecule has 0 radical (unpaired) electrons. The van der Waals surface area contributed by atoms with E-state index in [0.29, 0.717) is 23.9 Å². The number of nitrogens with one attached hydrogen (secondary N) is 1. The van der Waals surface area contributed by atoms with Gasteiger partial charge in [-0.1, -0.05) is 31.0 Å². The van der Waals surface area contributed by atoms with Crippen LogP contribution in [0.3, 0.4) is 0 Å². The number of aliphatic hydroxyl groups excluding tert-OH is 1. The van der Waals surface area contributed by atoms with E-state index in [1.165, 1.54) is 16.4 Å². The summed E-state index contributed by atoms with van der Waals surface area (Å²) in [5.74, 6) is 1.58. The Bertz CT molecular complexity index is 1450. The molecule has 2 aliphatic rings. The summed E-state index contributed by atoms with van der Waals surface area (Å²) in [4.78, 5) is 15.9. The average molecular weight is 598 g/mol. The van der Waals surface area contributed by atoms with E-state index in [1.807, 2.05) is 18.2 Å². The summed E-state index contributed by atoms with van der Waals surface area (Å²) in [6.45, 7) is 0.277. The maximum Gasteiger partial charge on any atom is 0.404 e. The molecule has 3 N–H and O–H groups in total. The van der Waals surface area contributed by atoms with Gasteiger partial charge in [0.05, 0.1) is 22.7 Å². The zero-order chi connectivity index (χ0) is 29.5. The number of hydrogen-bond acceptors (Lipinski definition) is 8. The van der Waals surface area contributed by atoms with Crippen molar-refractivity contribution in [3.63, 3.8) is 0 Å². The largest absolute Gasteiger partial charge is 0.487 e. The number of carboxylic acid groups (broad SMARTS) is 1. The minimum atomic E-state index is -4.03. The molecule has 0 saturated heterocycles. The normalized spacial score (nSPS) is 16.3. The van der Waals surface area contributed by atoms with Crippen molar-refractivity contribution in [1.82, 2.24) is 14.6 Å². The van der Waals surface area contributed by atoms with Crippen LogP contribution in [0.15, 0.2) is 71.8 Å². The molecule has 1 saturated carbocycles. The number of pyridine rings is 1. The smallest absolute Gasteiger partial charge is 0.404 e. The van der Waals surface area contributed by atoms with Gasteiger partial charge in [-0.05, 0) is 67.1 Å². The Morgan fingerprint density at radius 2 is 1.83 bits per heavy atom. The number of rotatable bonds is 13. The third kappa shape index (κ3) is 7.50. The third-order valence-corrected chi connectivity index (χ3v) is 9.40. The molecule has 0 unspecified atom stereocenters. The molecular weight excluding hydrogens is 562 g/mol. The molecule has 42 heavy (non-hydrogen) atoms. The summed E-state index contributed by atoms with van der Waals surface area (Å²) < 4.78 is 45.4. The average Bonchev–Trinajstić information content (AvgIpc) is 3.68. The molecule has 1 fully saturated rings. The molecule has 11 nitrogen and oxygen atoms in total. The number of aliphatic hydroxyl groups is 1. The molecule has 1 aliphatic heterocycles. The Kier molecular flexibility index (Phi) is 9.45. The highest BCUT2D eigenvalue weighted by Crippen LogP contribution is 2.35. The molecular formula is C30H35N3O8S. The molecule has 2 heterocycles. The molecule has 1 amide bonds. The zero-order valence-electron chi connectivity index (χ0n) is 23.1. The van der Waals surface area contributed by atoms with E-state index in [9.17, 15) is 23.4 Å². The highest BCUT2D eigenvalue weighted by molar-refractivity contribution is 7.89. The second-order valence-corrected chi connectivity index (χ2v) is 12.5. The summed E-state index contributed by atoms with van der Waals surface area (Å²) >= 11 is 0. The van der Waals surface area contributed by atoms with Gasteiger partial charge in [-0.3, -0.25) is 4.98 Å². The van der Waals surface area contributed by atoms with E-state index in [1.54, 1.807) is 36.5 Å². The van der Waals surface area contributed by atoms with Crippen LogP contribution in [0.1, 0.15) is 36.9 Å². The molecule has 1 aromatic heterocycles. The van der Waals surface area contributed by atoms with E-state index in [4.69, 9.17) is 14.2 Å². The van der Waals surface area contributed by atoms with Crippen LogP contribution in [0, 0.1) is 5.92 Å². The Balaban J connectivity index is 1.30. The van der Waals surface area contributed by atoms with E-state index in [2.05, 4.69) is 10.3 Å². The first-order chi connectivity index (χ1) is 20.3. The van der Waals surface area contributed by atoms with Crippen molar-refractivity contribution in [3.05, 3.63) is 78.1 Å². The highest BCUT2D eigenvalue weighted by atomic mass is 32.2. The highest BCUT2D eigenvalue weighted by Gasteiger charge is 2.34.